The van der Waals surface area contributed by atoms with Crippen molar-refractivity contribution in [2.24, 2.45) is 5.92 Å². The summed E-state index contributed by atoms with van der Waals surface area (Å²) in [5, 5.41) is 6.78. The predicted molar refractivity (Wildman–Crippen MR) is 65.2 cm³/mol. The Morgan fingerprint density at radius 2 is 2.47 bits per heavy atom. The summed E-state index contributed by atoms with van der Waals surface area (Å²) in [6, 6.07) is 0. The van der Waals surface area contributed by atoms with Gasteiger partial charge < -0.3 is 9.84 Å². The van der Waals surface area contributed by atoms with Crippen LogP contribution in [0.1, 0.15) is 41.8 Å². The third-order valence-electron chi connectivity index (χ3n) is 3.27. The summed E-state index contributed by atoms with van der Waals surface area (Å²) in [4.78, 5) is 11.8. The fourth-order valence-electron chi connectivity index (χ4n) is 2.26. The van der Waals surface area contributed by atoms with E-state index in [1.165, 1.54) is 6.20 Å². The molecule has 1 fully saturated rings. The van der Waals surface area contributed by atoms with Crippen molar-refractivity contribution in [2.45, 2.75) is 38.0 Å². The predicted octanol–water partition coefficient (Wildman–Crippen LogP) is 2.51. The summed E-state index contributed by atoms with van der Waals surface area (Å²) < 4.78 is 4.86. The van der Waals surface area contributed by atoms with Crippen LogP contribution in [0, 0.1) is 12.8 Å². The number of rotatable bonds is 3. The minimum absolute atomic E-state index is 0.111. The molecule has 1 amide bonds. The minimum atomic E-state index is -0.111. The van der Waals surface area contributed by atoms with Crippen LogP contribution in [0.3, 0.4) is 0 Å². The fraction of sp³-hybridized carbons (Fsp3) is 0.667. The Balaban J connectivity index is 1.82. The molecule has 1 saturated carbocycles. The first-order valence-electron chi connectivity index (χ1n) is 6.00. The summed E-state index contributed by atoms with van der Waals surface area (Å²) in [6.07, 6.45) is 5.84. The van der Waals surface area contributed by atoms with Crippen LogP contribution < -0.4 is 5.32 Å². The number of aromatic nitrogens is 1. The van der Waals surface area contributed by atoms with Gasteiger partial charge in [-0.2, -0.15) is 0 Å². The van der Waals surface area contributed by atoms with E-state index >= 15 is 0 Å². The van der Waals surface area contributed by atoms with E-state index in [1.807, 2.05) is 0 Å². The van der Waals surface area contributed by atoms with Crippen LogP contribution in [-0.2, 0) is 0 Å². The molecule has 1 aromatic rings. The van der Waals surface area contributed by atoms with Crippen LogP contribution >= 0.6 is 11.6 Å². The van der Waals surface area contributed by atoms with Crippen LogP contribution in [0.25, 0.3) is 0 Å². The average Bonchev–Trinajstić information content (AvgIpc) is 2.72. The maximum absolute atomic E-state index is 11.8. The number of alkyl halides is 1. The van der Waals surface area contributed by atoms with Gasteiger partial charge in [-0.1, -0.05) is 11.6 Å². The van der Waals surface area contributed by atoms with E-state index in [1.54, 1.807) is 6.92 Å². The third-order valence-corrected chi connectivity index (χ3v) is 3.66. The van der Waals surface area contributed by atoms with E-state index in [0.29, 0.717) is 23.8 Å². The van der Waals surface area contributed by atoms with Gasteiger partial charge in [0.15, 0.2) is 0 Å². The van der Waals surface area contributed by atoms with Gasteiger partial charge in [0.05, 0.1) is 6.20 Å². The van der Waals surface area contributed by atoms with Crippen molar-refractivity contribution in [3.8, 4) is 0 Å². The molecule has 0 aromatic carbocycles. The largest absolute Gasteiger partial charge is 0.361 e. The topological polar surface area (TPSA) is 55.1 Å². The molecular formula is C12H17ClN2O2. The maximum atomic E-state index is 11.8. The van der Waals surface area contributed by atoms with Crippen LogP contribution in [0.4, 0.5) is 0 Å². The van der Waals surface area contributed by atoms with Gasteiger partial charge in [-0.15, -0.1) is 11.6 Å². The molecule has 0 spiro atoms. The highest BCUT2D eigenvalue weighted by atomic mass is 35.5. The smallest absolute Gasteiger partial charge is 0.256 e. The second-order valence-corrected chi connectivity index (χ2v) is 5.25. The van der Waals surface area contributed by atoms with Gasteiger partial charge in [-0.25, -0.2) is 0 Å². The first kappa shape index (κ1) is 12.4. The molecule has 0 aliphatic heterocycles. The van der Waals surface area contributed by atoms with Crippen molar-refractivity contribution in [3.63, 3.8) is 0 Å². The zero-order valence-electron chi connectivity index (χ0n) is 9.91. The highest BCUT2D eigenvalue weighted by molar-refractivity contribution is 6.20. The Hall–Kier alpha value is -1.03. The van der Waals surface area contributed by atoms with E-state index in [-0.39, 0.29) is 11.3 Å². The lowest BCUT2D eigenvalue weighted by molar-refractivity contribution is 0.0942. The van der Waals surface area contributed by atoms with E-state index in [4.69, 9.17) is 16.1 Å². The number of hydrogen-bond donors (Lipinski definition) is 1. The summed E-state index contributed by atoms with van der Waals surface area (Å²) in [5.41, 5.74) is 0.517. The van der Waals surface area contributed by atoms with E-state index in [9.17, 15) is 4.79 Å². The Kier molecular flexibility index (Phi) is 4.05. The molecule has 1 heterocycles. The molecule has 0 radical (unpaired) electrons. The lowest BCUT2D eigenvalue weighted by Gasteiger charge is -2.25. The second-order valence-electron chi connectivity index (χ2n) is 4.64. The number of amides is 1. The van der Waals surface area contributed by atoms with Gasteiger partial charge in [-0.05, 0) is 32.1 Å². The van der Waals surface area contributed by atoms with Crippen molar-refractivity contribution in [1.29, 1.82) is 0 Å². The highest BCUT2D eigenvalue weighted by Crippen LogP contribution is 2.27. The summed E-state index contributed by atoms with van der Waals surface area (Å²) >= 11 is 6.11. The summed E-state index contributed by atoms with van der Waals surface area (Å²) in [6.45, 7) is 2.42. The number of hydrogen-bond acceptors (Lipinski definition) is 3. The highest BCUT2D eigenvalue weighted by Gasteiger charge is 2.21. The van der Waals surface area contributed by atoms with E-state index in [2.05, 4.69) is 10.5 Å². The number of aryl methyl sites for hydroxylation is 1. The zero-order valence-corrected chi connectivity index (χ0v) is 10.7. The van der Waals surface area contributed by atoms with Crippen molar-refractivity contribution in [3.05, 3.63) is 17.5 Å². The van der Waals surface area contributed by atoms with Gasteiger partial charge >= 0.3 is 0 Å². The average molecular weight is 257 g/mol. The van der Waals surface area contributed by atoms with Gasteiger partial charge in [0.2, 0.25) is 0 Å². The number of carbonyl (C=O) groups excluding carboxylic acids is 1. The van der Waals surface area contributed by atoms with Crippen LogP contribution in [0.15, 0.2) is 10.7 Å². The number of halogens is 1. The molecule has 1 aliphatic rings. The Morgan fingerprint density at radius 1 is 1.65 bits per heavy atom. The monoisotopic (exact) mass is 256 g/mol. The van der Waals surface area contributed by atoms with Crippen molar-refractivity contribution < 1.29 is 9.32 Å². The Bertz CT molecular complexity index is 392. The molecule has 17 heavy (non-hydrogen) atoms. The molecule has 4 nitrogen and oxygen atoms in total. The molecule has 1 N–H and O–H groups in total. The van der Waals surface area contributed by atoms with E-state index in [0.717, 1.165) is 25.7 Å². The molecule has 1 aromatic heterocycles. The van der Waals surface area contributed by atoms with Crippen LogP contribution in [-0.4, -0.2) is 23.0 Å². The lowest BCUT2D eigenvalue weighted by Crippen LogP contribution is -2.32. The maximum Gasteiger partial charge on any atom is 0.256 e. The molecule has 0 saturated heterocycles. The Labute approximate surface area is 106 Å². The third kappa shape index (κ3) is 3.22. The summed E-state index contributed by atoms with van der Waals surface area (Å²) in [5.74, 6) is 0.942. The van der Waals surface area contributed by atoms with Gasteiger partial charge in [0, 0.05) is 11.9 Å². The van der Waals surface area contributed by atoms with Crippen molar-refractivity contribution in [2.75, 3.05) is 6.54 Å². The fourth-order valence-corrected chi connectivity index (χ4v) is 2.67. The van der Waals surface area contributed by atoms with Gasteiger partial charge in [0.25, 0.3) is 5.91 Å². The quantitative estimate of drug-likeness (QED) is 0.846. The lowest BCUT2D eigenvalue weighted by atomic mass is 9.89. The second kappa shape index (κ2) is 5.54. The number of nitrogens with one attached hydrogen (secondary N) is 1. The van der Waals surface area contributed by atoms with Gasteiger partial charge in [0.1, 0.15) is 11.3 Å². The molecule has 1 aliphatic carbocycles. The summed E-state index contributed by atoms with van der Waals surface area (Å²) in [7, 11) is 0. The zero-order chi connectivity index (χ0) is 12.3. The first-order chi connectivity index (χ1) is 8.16. The SMILES string of the molecule is Cc1oncc1C(=O)NCC1CCCC(Cl)C1. The normalized spacial score (nSPS) is 24.6. The number of nitrogens with zero attached hydrogens (tertiary/aromatic N) is 1. The van der Waals surface area contributed by atoms with Crippen LogP contribution in [0.2, 0.25) is 0 Å². The minimum Gasteiger partial charge on any atom is -0.361 e. The molecule has 94 valence electrons. The van der Waals surface area contributed by atoms with Crippen LogP contribution in [0.5, 0.6) is 0 Å². The van der Waals surface area contributed by atoms with Crippen molar-refractivity contribution in [1.82, 2.24) is 10.5 Å². The molecular weight excluding hydrogens is 240 g/mol. The van der Waals surface area contributed by atoms with Crippen molar-refractivity contribution >= 4 is 17.5 Å². The first-order valence-corrected chi connectivity index (χ1v) is 6.44. The molecule has 5 heteroatoms. The van der Waals surface area contributed by atoms with E-state index < -0.39 is 0 Å². The number of carbonyl (C=O) groups is 1. The Morgan fingerprint density at radius 3 is 3.12 bits per heavy atom. The molecule has 0 bridgehead atoms. The van der Waals surface area contributed by atoms with Gasteiger partial charge in [-0.3, -0.25) is 4.79 Å². The molecule has 2 atom stereocenters. The standard InChI is InChI=1S/C12H17ClN2O2/c1-8-11(7-15-17-8)12(16)14-6-9-3-2-4-10(13)5-9/h7,9-10H,2-6H2,1H3,(H,14,16). The molecule has 2 unspecified atom stereocenters. The molecule has 2 rings (SSSR count).